The fraction of sp³-hybridized carbons (Fsp3) is 0.385. The zero-order valence-corrected chi connectivity index (χ0v) is 9.07. The molecule has 0 radical (unpaired) electrons. The summed E-state index contributed by atoms with van der Waals surface area (Å²) in [5, 5.41) is 0. The molecular weight excluding hydrogens is 186 g/mol. The normalized spacial score (nSPS) is 11.8. The molecule has 80 valence electrons. The van der Waals surface area contributed by atoms with Crippen LogP contribution in [-0.4, -0.2) is 12.6 Å². The summed E-state index contributed by atoms with van der Waals surface area (Å²) in [4.78, 5) is 0. The Morgan fingerprint density at radius 2 is 2.33 bits per heavy atom. The number of ether oxygens (including phenoxy) is 1. The Hall–Kier alpha value is -1.46. The smallest absolute Gasteiger partial charge is 0.119 e. The van der Waals surface area contributed by atoms with Crippen molar-refractivity contribution < 1.29 is 4.74 Å². The van der Waals surface area contributed by atoms with Crippen molar-refractivity contribution in [3.05, 3.63) is 29.8 Å². The van der Waals surface area contributed by atoms with Crippen molar-refractivity contribution in [2.45, 2.75) is 25.8 Å². The van der Waals surface area contributed by atoms with Gasteiger partial charge in [0.25, 0.3) is 0 Å². The fourth-order valence-corrected chi connectivity index (χ4v) is 1.29. The van der Waals surface area contributed by atoms with E-state index in [2.05, 4.69) is 5.92 Å². The van der Waals surface area contributed by atoms with Crippen molar-refractivity contribution in [1.29, 1.82) is 0 Å². The lowest BCUT2D eigenvalue weighted by atomic mass is 10.2. The molecule has 1 aromatic rings. The third-order valence-electron chi connectivity index (χ3n) is 2.13. The lowest BCUT2D eigenvalue weighted by Crippen LogP contribution is -2.21. The molecule has 1 atom stereocenters. The van der Waals surface area contributed by atoms with Crippen LogP contribution in [-0.2, 0) is 0 Å². The topological polar surface area (TPSA) is 35.2 Å². The minimum absolute atomic E-state index is 0.0415. The summed E-state index contributed by atoms with van der Waals surface area (Å²) in [6.07, 6.45) is 6.56. The van der Waals surface area contributed by atoms with Gasteiger partial charge in [0.1, 0.15) is 5.75 Å². The third-order valence-corrected chi connectivity index (χ3v) is 2.13. The van der Waals surface area contributed by atoms with Gasteiger partial charge < -0.3 is 10.5 Å². The number of hydrogen-bond acceptors (Lipinski definition) is 2. The molecule has 0 heterocycles. The van der Waals surface area contributed by atoms with Gasteiger partial charge in [-0.3, -0.25) is 0 Å². The first-order chi connectivity index (χ1) is 7.22. The van der Waals surface area contributed by atoms with Crippen LogP contribution in [0.15, 0.2) is 24.3 Å². The van der Waals surface area contributed by atoms with E-state index in [-0.39, 0.29) is 6.04 Å². The van der Waals surface area contributed by atoms with Gasteiger partial charge in [-0.2, -0.15) is 0 Å². The van der Waals surface area contributed by atoms with Crippen molar-refractivity contribution in [2.75, 3.05) is 6.61 Å². The zero-order chi connectivity index (χ0) is 11.1. The number of nitrogens with two attached hydrogens (primary N) is 1. The lowest BCUT2D eigenvalue weighted by molar-refractivity contribution is 0.298. The summed E-state index contributed by atoms with van der Waals surface area (Å²) < 4.78 is 5.56. The molecule has 2 N–H and O–H groups in total. The van der Waals surface area contributed by atoms with Gasteiger partial charge in [-0.05, 0) is 31.0 Å². The van der Waals surface area contributed by atoms with E-state index in [9.17, 15) is 0 Å². The molecule has 2 nitrogen and oxygen atoms in total. The molecule has 0 saturated carbocycles. The summed E-state index contributed by atoms with van der Waals surface area (Å²) in [6.45, 7) is 2.66. The molecule has 0 aliphatic heterocycles. The Bertz CT molecular complexity index is 341. The van der Waals surface area contributed by atoms with Gasteiger partial charge in [0.05, 0.1) is 6.61 Å². The van der Waals surface area contributed by atoms with Crippen molar-refractivity contribution in [1.82, 2.24) is 0 Å². The highest BCUT2D eigenvalue weighted by Gasteiger charge is 2.00. The van der Waals surface area contributed by atoms with Crippen molar-refractivity contribution in [2.24, 2.45) is 5.73 Å². The van der Waals surface area contributed by atoms with E-state index in [0.29, 0.717) is 13.0 Å². The molecule has 0 aromatic heterocycles. The van der Waals surface area contributed by atoms with Crippen LogP contribution in [0.5, 0.6) is 5.75 Å². The Balaban J connectivity index is 2.29. The molecule has 0 spiro atoms. The van der Waals surface area contributed by atoms with Gasteiger partial charge in [0.2, 0.25) is 0 Å². The molecule has 0 aliphatic rings. The zero-order valence-electron chi connectivity index (χ0n) is 9.07. The second kappa shape index (κ2) is 6.10. The summed E-state index contributed by atoms with van der Waals surface area (Å²) in [6, 6.07) is 8.01. The molecule has 2 heteroatoms. The van der Waals surface area contributed by atoms with Crippen molar-refractivity contribution in [3.63, 3.8) is 0 Å². The first-order valence-electron chi connectivity index (χ1n) is 5.11. The van der Waals surface area contributed by atoms with E-state index in [0.717, 1.165) is 12.2 Å². The Morgan fingerprint density at radius 1 is 1.53 bits per heavy atom. The van der Waals surface area contributed by atoms with Crippen LogP contribution in [0.1, 0.15) is 18.4 Å². The number of rotatable bonds is 5. The maximum Gasteiger partial charge on any atom is 0.119 e. The second-order valence-corrected chi connectivity index (χ2v) is 3.62. The number of aryl methyl sites for hydroxylation is 1. The molecule has 0 bridgehead atoms. The third kappa shape index (κ3) is 4.53. The molecule has 0 aliphatic carbocycles. The molecular formula is C13H17NO. The minimum Gasteiger partial charge on any atom is -0.494 e. The highest BCUT2D eigenvalue weighted by atomic mass is 16.5. The predicted octanol–water partition coefficient (Wildman–Crippen LogP) is 2.11. The summed E-state index contributed by atoms with van der Waals surface area (Å²) in [7, 11) is 0. The Labute approximate surface area is 91.4 Å². The number of terminal acetylenes is 1. The van der Waals surface area contributed by atoms with E-state index in [1.165, 1.54) is 5.56 Å². The van der Waals surface area contributed by atoms with Crippen molar-refractivity contribution in [3.8, 4) is 18.1 Å². The minimum atomic E-state index is 0.0415. The lowest BCUT2D eigenvalue weighted by Gasteiger charge is -2.10. The van der Waals surface area contributed by atoms with Crippen LogP contribution >= 0.6 is 0 Å². The van der Waals surface area contributed by atoms with E-state index < -0.39 is 0 Å². The highest BCUT2D eigenvalue weighted by molar-refractivity contribution is 5.27. The molecule has 1 unspecified atom stereocenters. The van der Waals surface area contributed by atoms with Gasteiger partial charge in [-0.15, -0.1) is 12.3 Å². The first-order valence-corrected chi connectivity index (χ1v) is 5.11. The van der Waals surface area contributed by atoms with Gasteiger partial charge in [0.15, 0.2) is 0 Å². The Morgan fingerprint density at radius 3 is 3.00 bits per heavy atom. The summed E-state index contributed by atoms with van der Waals surface area (Å²) in [5.74, 6) is 3.44. The molecule has 0 amide bonds. The van der Waals surface area contributed by atoms with Crippen LogP contribution < -0.4 is 10.5 Å². The molecule has 1 rings (SSSR count). The molecule has 1 aromatic carbocycles. The van der Waals surface area contributed by atoms with Gasteiger partial charge >= 0.3 is 0 Å². The van der Waals surface area contributed by atoms with Crippen molar-refractivity contribution >= 4 is 0 Å². The monoisotopic (exact) mass is 203 g/mol. The molecule has 0 fully saturated rings. The summed E-state index contributed by atoms with van der Waals surface area (Å²) >= 11 is 0. The van der Waals surface area contributed by atoms with E-state index in [1.807, 2.05) is 31.2 Å². The maximum absolute atomic E-state index is 5.76. The average Bonchev–Trinajstić information content (AvgIpc) is 2.18. The summed E-state index contributed by atoms with van der Waals surface area (Å²) in [5.41, 5.74) is 6.95. The highest BCUT2D eigenvalue weighted by Crippen LogP contribution is 2.12. The van der Waals surface area contributed by atoms with Crippen LogP contribution in [0.4, 0.5) is 0 Å². The predicted molar refractivity (Wildman–Crippen MR) is 62.7 cm³/mol. The standard InChI is InChI=1S/C13H17NO/c1-3-5-12(14)8-9-15-13-7-4-6-11(2)10-13/h1,4,6-7,10,12H,5,8-9,14H2,2H3. The van der Waals surface area contributed by atoms with Crippen LogP contribution in [0.25, 0.3) is 0 Å². The number of hydrogen-bond donors (Lipinski definition) is 1. The van der Waals surface area contributed by atoms with Crippen LogP contribution in [0.2, 0.25) is 0 Å². The quantitative estimate of drug-likeness (QED) is 0.744. The van der Waals surface area contributed by atoms with E-state index in [4.69, 9.17) is 16.9 Å². The molecule has 15 heavy (non-hydrogen) atoms. The van der Waals surface area contributed by atoms with E-state index >= 15 is 0 Å². The Kier molecular flexibility index (Phi) is 4.73. The van der Waals surface area contributed by atoms with Crippen LogP contribution in [0.3, 0.4) is 0 Å². The first kappa shape index (κ1) is 11.6. The molecule has 0 saturated heterocycles. The SMILES string of the molecule is C#CCC(N)CCOc1cccc(C)c1. The van der Waals surface area contributed by atoms with Gasteiger partial charge in [-0.1, -0.05) is 12.1 Å². The van der Waals surface area contributed by atoms with Crippen LogP contribution in [0, 0.1) is 19.3 Å². The van der Waals surface area contributed by atoms with E-state index in [1.54, 1.807) is 0 Å². The fourth-order valence-electron chi connectivity index (χ4n) is 1.29. The van der Waals surface area contributed by atoms with Gasteiger partial charge in [-0.25, -0.2) is 0 Å². The number of benzene rings is 1. The second-order valence-electron chi connectivity index (χ2n) is 3.62. The largest absolute Gasteiger partial charge is 0.494 e. The van der Waals surface area contributed by atoms with Gasteiger partial charge in [0, 0.05) is 12.5 Å². The average molecular weight is 203 g/mol. The maximum atomic E-state index is 5.76.